The predicted molar refractivity (Wildman–Crippen MR) is 154 cm³/mol. The van der Waals surface area contributed by atoms with Gasteiger partial charge in [0.05, 0.1) is 5.57 Å². The van der Waals surface area contributed by atoms with Crippen LogP contribution in [0.5, 0.6) is 0 Å². The molecule has 7 heteroatoms. The number of esters is 1. The maximum absolute atomic E-state index is 13.6. The molecule has 0 aromatic heterocycles. The molecule has 3 aliphatic rings. The first kappa shape index (κ1) is 30.0. The van der Waals surface area contributed by atoms with Gasteiger partial charge in [0.15, 0.2) is 11.5 Å². The molecular weight excluding hydrogens is 528 g/mol. The van der Waals surface area contributed by atoms with E-state index in [1.54, 1.807) is 24.3 Å². The Labute approximate surface area is 241 Å². The van der Waals surface area contributed by atoms with Crippen molar-refractivity contribution in [2.45, 2.75) is 89.9 Å². The van der Waals surface area contributed by atoms with Crippen LogP contribution in [-0.4, -0.2) is 28.6 Å². The third kappa shape index (κ3) is 7.81. The first-order chi connectivity index (χ1) is 19.3. The molecule has 1 saturated carbocycles. The third-order valence-corrected chi connectivity index (χ3v) is 8.75. The maximum atomic E-state index is 13.6. The molecule has 1 aromatic rings. The minimum absolute atomic E-state index is 0.0668. The van der Waals surface area contributed by atoms with Crippen molar-refractivity contribution in [1.29, 1.82) is 0 Å². The van der Waals surface area contributed by atoms with Crippen LogP contribution in [0.15, 0.2) is 58.9 Å². The molecule has 214 valence electrons. The molecule has 1 N–H and O–H groups in total. The van der Waals surface area contributed by atoms with Crippen molar-refractivity contribution >= 4 is 35.1 Å². The summed E-state index contributed by atoms with van der Waals surface area (Å²) in [5, 5.41) is 9.48. The Morgan fingerprint density at radius 1 is 0.850 bits per heavy atom. The third-order valence-electron chi connectivity index (χ3n) is 8.47. The first-order valence-corrected chi connectivity index (χ1v) is 15.1. The zero-order valence-electron chi connectivity index (χ0n) is 23.0. The van der Waals surface area contributed by atoms with Gasteiger partial charge in [0.2, 0.25) is 5.78 Å². The van der Waals surface area contributed by atoms with E-state index in [1.807, 2.05) is 6.08 Å². The Morgan fingerprint density at radius 2 is 1.45 bits per heavy atom. The van der Waals surface area contributed by atoms with Crippen molar-refractivity contribution in [3.05, 3.63) is 70.0 Å². The molecule has 1 fully saturated rings. The van der Waals surface area contributed by atoms with E-state index < -0.39 is 11.9 Å². The zero-order valence-corrected chi connectivity index (χ0v) is 23.8. The van der Waals surface area contributed by atoms with Crippen molar-refractivity contribution in [3.8, 4) is 0 Å². The minimum atomic E-state index is -0.758. The minimum Gasteiger partial charge on any atom is -0.481 e. The molecule has 40 heavy (non-hydrogen) atoms. The number of fused-ring (bicyclic) bond motifs is 1. The molecule has 1 atom stereocenters. The average Bonchev–Trinajstić information content (AvgIpc) is 2.95. The normalized spacial score (nSPS) is 22.6. The summed E-state index contributed by atoms with van der Waals surface area (Å²) in [5.41, 5.74) is 1.06. The van der Waals surface area contributed by atoms with Crippen molar-refractivity contribution in [1.82, 2.24) is 0 Å². The van der Waals surface area contributed by atoms with E-state index in [-0.39, 0.29) is 36.1 Å². The average molecular weight is 567 g/mol. The number of Topliss-reactive ketones (excluding diaryl/α,β-unsaturated/α-hetero) is 2. The van der Waals surface area contributed by atoms with Gasteiger partial charge < -0.3 is 9.84 Å². The quantitative estimate of drug-likeness (QED) is 0.192. The molecule has 0 saturated heterocycles. The Balaban J connectivity index is 1.35. The fraction of sp³-hybridized carbons (Fsp3) is 0.515. The standard InChI is InChI=1S/C33H39ClO6/c34-25-20-18-23(19-21-25)22-14-16-24(17-15-22)30-31(38)26-10-8-9-11-27(26)32(39)33(30)40-29(37)13-7-5-3-1-2-4-6-12-28(35)36/h8-11,18,20-24H,1-7,12-17,19H2,(H,35,36)/t22-,23?,24-. The summed E-state index contributed by atoms with van der Waals surface area (Å²) in [6, 6.07) is 6.79. The summed E-state index contributed by atoms with van der Waals surface area (Å²) < 4.78 is 5.71. The lowest BCUT2D eigenvalue weighted by atomic mass is 9.70. The molecule has 0 amide bonds. The van der Waals surface area contributed by atoms with Crippen LogP contribution in [0.3, 0.4) is 0 Å². The summed E-state index contributed by atoms with van der Waals surface area (Å²) in [6.07, 6.45) is 17.0. The largest absolute Gasteiger partial charge is 0.481 e. The van der Waals surface area contributed by atoms with Crippen LogP contribution in [0.25, 0.3) is 0 Å². The van der Waals surface area contributed by atoms with Crippen molar-refractivity contribution in [2.75, 3.05) is 0 Å². The van der Waals surface area contributed by atoms with E-state index in [2.05, 4.69) is 12.2 Å². The molecule has 6 nitrogen and oxygen atoms in total. The number of carboxylic acids is 1. The molecule has 0 bridgehead atoms. The van der Waals surface area contributed by atoms with Gasteiger partial charge in [-0.3, -0.25) is 19.2 Å². The fourth-order valence-corrected chi connectivity index (χ4v) is 6.40. The second-order valence-electron chi connectivity index (χ2n) is 11.2. The first-order valence-electron chi connectivity index (χ1n) is 14.7. The summed E-state index contributed by atoms with van der Waals surface area (Å²) >= 11 is 6.09. The Bertz CT molecular complexity index is 1200. The molecule has 3 aliphatic carbocycles. The molecule has 0 aliphatic heterocycles. The van der Waals surface area contributed by atoms with Gasteiger partial charge in [0.25, 0.3) is 0 Å². The van der Waals surface area contributed by atoms with Gasteiger partial charge in [-0.1, -0.05) is 80.1 Å². The highest BCUT2D eigenvalue weighted by molar-refractivity contribution is 6.31. The summed E-state index contributed by atoms with van der Waals surface area (Å²) in [6.45, 7) is 0. The zero-order chi connectivity index (χ0) is 28.5. The van der Waals surface area contributed by atoms with Crippen LogP contribution in [0, 0.1) is 17.8 Å². The number of rotatable bonds is 13. The number of carbonyl (C=O) groups is 4. The van der Waals surface area contributed by atoms with E-state index >= 15 is 0 Å². The molecule has 0 heterocycles. The van der Waals surface area contributed by atoms with Gasteiger partial charge in [-0.05, 0) is 68.8 Å². The number of ether oxygens (including phenoxy) is 1. The lowest BCUT2D eigenvalue weighted by Gasteiger charge is -2.35. The van der Waals surface area contributed by atoms with Gasteiger partial charge in [0.1, 0.15) is 0 Å². The van der Waals surface area contributed by atoms with Crippen LogP contribution in [-0.2, 0) is 14.3 Å². The number of allylic oxidation sites excluding steroid dienone is 6. The van der Waals surface area contributed by atoms with Crippen LogP contribution in [0.2, 0.25) is 0 Å². The molecule has 4 rings (SSSR count). The smallest absolute Gasteiger partial charge is 0.311 e. The lowest BCUT2D eigenvalue weighted by Crippen LogP contribution is -2.31. The van der Waals surface area contributed by atoms with Gasteiger partial charge in [-0.25, -0.2) is 0 Å². The Hall–Kier alpha value is -2.99. The highest BCUT2D eigenvalue weighted by atomic mass is 35.5. The molecular formula is C33H39ClO6. The van der Waals surface area contributed by atoms with Gasteiger partial charge in [-0.2, -0.15) is 0 Å². The number of benzene rings is 1. The fourth-order valence-electron chi connectivity index (χ4n) is 6.23. The second kappa shape index (κ2) is 14.6. The molecule has 1 unspecified atom stereocenters. The van der Waals surface area contributed by atoms with E-state index in [9.17, 15) is 19.2 Å². The van der Waals surface area contributed by atoms with Gasteiger partial charge >= 0.3 is 11.9 Å². The van der Waals surface area contributed by atoms with Crippen LogP contribution >= 0.6 is 11.6 Å². The van der Waals surface area contributed by atoms with Crippen LogP contribution in [0.4, 0.5) is 0 Å². The van der Waals surface area contributed by atoms with E-state index in [4.69, 9.17) is 21.4 Å². The second-order valence-corrected chi connectivity index (χ2v) is 11.7. The Morgan fingerprint density at radius 3 is 2.05 bits per heavy atom. The molecule has 0 spiro atoms. The molecule has 0 radical (unpaired) electrons. The Kier molecular flexibility index (Phi) is 10.9. The SMILES string of the molecule is O=C(O)CCCCCCCCCC(=O)OC1=C([C@H]2CC[C@H](C3C=CC(Cl)=CC3)CC2)C(=O)c2ccccc2C1=O. The highest BCUT2D eigenvalue weighted by Crippen LogP contribution is 2.43. The number of aliphatic carboxylic acids is 1. The summed E-state index contributed by atoms with van der Waals surface area (Å²) in [7, 11) is 0. The van der Waals surface area contributed by atoms with Crippen molar-refractivity contribution in [3.63, 3.8) is 0 Å². The van der Waals surface area contributed by atoms with Crippen LogP contribution in [0.1, 0.15) is 111 Å². The van der Waals surface area contributed by atoms with E-state index in [0.29, 0.717) is 41.4 Å². The van der Waals surface area contributed by atoms with Crippen molar-refractivity contribution < 1.29 is 29.0 Å². The van der Waals surface area contributed by atoms with E-state index in [1.165, 1.54) is 0 Å². The monoisotopic (exact) mass is 566 g/mol. The molecule has 1 aromatic carbocycles. The number of carbonyl (C=O) groups excluding carboxylic acids is 3. The summed E-state index contributed by atoms with van der Waals surface area (Å²) in [5.74, 6) is -1.05. The number of hydrogen-bond acceptors (Lipinski definition) is 5. The number of carboxylic acid groups (broad SMARTS) is 1. The van der Waals surface area contributed by atoms with Crippen LogP contribution < -0.4 is 0 Å². The van der Waals surface area contributed by atoms with Crippen molar-refractivity contribution in [2.24, 2.45) is 17.8 Å². The number of halogens is 1. The van der Waals surface area contributed by atoms with Gasteiger partial charge in [0, 0.05) is 29.0 Å². The lowest BCUT2D eigenvalue weighted by molar-refractivity contribution is -0.139. The number of ketones is 2. The van der Waals surface area contributed by atoms with Gasteiger partial charge in [-0.15, -0.1) is 0 Å². The maximum Gasteiger partial charge on any atom is 0.311 e. The predicted octanol–water partition coefficient (Wildman–Crippen LogP) is 7.96. The topological polar surface area (TPSA) is 97.7 Å². The van der Waals surface area contributed by atoms with E-state index in [0.717, 1.165) is 69.2 Å². The highest BCUT2D eigenvalue weighted by Gasteiger charge is 2.40. The number of unbranched alkanes of at least 4 members (excludes halogenated alkanes) is 6. The number of hydrogen-bond donors (Lipinski definition) is 1. The summed E-state index contributed by atoms with van der Waals surface area (Å²) in [4.78, 5) is 50.5.